The van der Waals surface area contributed by atoms with Crippen LogP contribution in [0.2, 0.25) is 10.0 Å². The summed E-state index contributed by atoms with van der Waals surface area (Å²) in [5.41, 5.74) is 0.900. The first-order valence-electron chi connectivity index (χ1n) is 5.83. The lowest BCUT2D eigenvalue weighted by molar-refractivity contribution is 0.405. The van der Waals surface area contributed by atoms with Gasteiger partial charge in [0.05, 0.1) is 30.5 Å². The third-order valence-corrected chi connectivity index (χ3v) is 3.41. The molecule has 0 saturated heterocycles. The summed E-state index contributed by atoms with van der Waals surface area (Å²) >= 11 is 12.2. The number of rotatable bonds is 4. The number of hydrogen-bond acceptors (Lipinski definition) is 5. The van der Waals surface area contributed by atoms with Crippen LogP contribution in [-0.2, 0) is 0 Å². The van der Waals surface area contributed by atoms with E-state index in [2.05, 4.69) is 10.3 Å². The van der Waals surface area contributed by atoms with Crippen molar-refractivity contribution >= 4 is 34.7 Å². The lowest BCUT2D eigenvalue weighted by atomic mass is 10.2. The Morgan fingerprint density at radius 1 is 1.19 bits per heavy atom. The molecule has 0 radical (unpaired) electrons. The van der Waals surface area contributed by atoms with E-state index < -0.39 is 0 Å². The van der Waals surface area contributed by atoms with E-state index >= 15 is 0 Å². The third kappa shape index (κ3) is 3.13. The molecule has 2 rings (SSSR count). The van der Waals surface area contributed by atoms with E-state index in [4.69, 9.17) is 37.9 Å². The van der Waals surface area contributed by atoms with Gasteiger partial charge >= 0.3 is 0 Å². The van der Waals surface area contributed by atoms with Gasteiger partial charge in [-0.3, -0.25) is 0 Å². The van der Waals surface area contributed by atoms with Crippen molar-refractivity contribution in [1.29, 1.82) is 5.26 Å². The van der Waals surface area contributed by atoms with E-state index in [1.54, 1.807) is 12.1 Å². The van der Waals surface area contributed by atoms with E-state index in [-0.39, 0.29) is 5.02 Å². The van der Waals surface area contributed by atoms with Crippen molar-refractivity contribution in [3.63, 3.8) is 0 Å². The third-order valence-electron chi connectivity index (χ3n) is 2.74. The first-order chi connectivity index (χ1) is 10.1. The lowest BCUT2D eigenvalue weighted by Crippen LogP contribution is -1.99. The number of pyridine rings is 1. The number of ether oxygens (including phenoxy) is 2. The fourth-order valence-corrected chi connectivity index (χ4v) is 2.14. The molecule has 1 heterocycles. The summed E-state index contributed by atoms with van der Waals surface area (Å²) < 4.78 is 10.4. The minimum atomic E-state index is 0.232. The topological polar surface area (TPSA) is 67.2 Å². The second-order valence-electron chi connectivity index (χ2n) is 3.94. The Bertz CT molecular complexity index is 714. The zero-order chi connectivity index (χ0) is 15.4. The first-order valence-corrected chi connectivity index (χ1v) is 6.59. The van der Waals surface area contributed by atoms with Crippen LogP contribution in [0.1, 0.15) is 5.56 Å². The molecule has 1 aromatic heterocycles. The van der Waals surface area contributed by atoms with Gasteiger partial charge in [0.1, 0.15) is 22.6 Å². The number of anilines is 2. The molecule has 1 N–H and O–H groups in total. The normalized spacial score (nSPS) is 9.86. The van der Waals surface area contributed by atoms with Gasteiger partial charge in [0.2, 0.25) is 0 Å². The number of methoxy groups -OCH3 is 2. The molecule has 0 amide bonds. The lowest BCUT2D eigenvalue weighted by Gasteiger charge is -2.14. The Labute approximate surface area is 132 Å². The first kappa shape index (κ1) is 15.2. The van der Waals surface area contributed by atoms with Crippen molar-refractivity contribution < 1.29 is 9.47 Å². The molecule has 2 aromatic rings. The minimum Gasteiger partial charge on any atom is -0.495 e. The van der Waals surface area contributed by atoms with Crippen LogP contribution in [0.4, 0.5) is 11.5 Å². The number of benzene rings is 1. The number of nitrogens with one attached hydrogen (secondary N) is 1. The molecular weight excluding hydrogens is 313 g/mol. The Balaban J connectivity index is 2.46. The van der Waals surface area contributed by atoms with Gasteiger partial charge in [0, 0.05) is 18.3 Å². The van der Waals surface area contributed by atoms with Gasteiger partial charge in [-0.25, -0.2) is 4.98 Å². The van der Waals surface area contributed by atoms with Gasteiger partial charge in [0.15, 0.2) is 5.82 Å². The van der Waals surface area contributed by atoms with E-state index in [0.717, 1.165) is 0 Å². The second-order valence-corrected chi connectivity index (χ2v) is 4.73. The zero-order valence-corrected chi connectivity index (χ0v) is 12.8. The maximum absolute atomic E-state index is 8.98. The van der Waals surface area contributed by atoms with Crippen LogP contribution < -0.4 is 14.8 Å². The van der Waals surface area contributed by atoms with Crippen LogP contribution in [0.15, 0.2) is 24.4 Å². The Morgan fingerprint density at radius 3 is 2.52 bits per heavy atom. The predicted octanol–water partition coefficient (Wildman–Crippen LogP) is 4.02. The van der Waals surface area contributed by atoms with Crippen LogP contribution in [0.3, 0.4) is 0 Å². The van der Waals surface area contributed by atoms with Crippen molar-refractivity contribution in [2.45, 2.75) is 0 Å². The highest BCUT2D eigenvalue weighted by atomic mass is 35.5. The van der Waals surface area contributed by atoms with Gasteiger partial charge < -0.3 is 14.8 Å². The fourth-order valence-electron chi connectivity index (χ4n) is 1.70. The molecule has 0 atom stereocenters. The maximum atomic E-state index is 8.98. The monoisotopic (exact) mass is 323 g/mol. The Morgan fingerprint density at radius 2 is 1.90 bits per heavy atom. The highest BCUT2D eigenvalue weighted by Gasteiger charge is 2.13. The summed E-state index contributed by atoms with van der Waals surface area (Å²) in [6, 6.07) is 6.81. The van der Waals surface area contributed by atoms with Crippen molar-refractivity contribution in [2.24, 2.45) is 0 Å². The molecule has 5 nitrogen and oxygen atoms in total. The molecule has 0 spiro atoms. The molecule has 0 aliphatic heterocycles. The SMILES string of the molecule is COc1cc(Nc2nccc(C#N)c2Cl)c(OC)cc1Cl. The molecular formula is C14H11Cl2N3O2. The summed E-state index contributed by atoms with van der Waals surface area (Å²) in [7, 11) is 3.03. The van der Waals surface area contributed by atoms with Gasteiger partial charge in [0.25, 0.3) is 0 Å². The molecule has 0 unspecified atom stereocenters. The molecule has 0 fully saturated rings. The smallest absolute Gasteiger partial charge is 0.150 e. The van der Waals surface area contributed by atoms with Gasteiger partial charge in [-0.2, -0.15) is 5.26 Å². The molecule has 0 aliphatic rings. The molecule has 108 valence electrons. The van der Waals surface area contributed by atoms with E-state index in [1.807, 2.05) is 6.07 Å². The van der Waals surface area contributed by atoms with Crippen LogP contribution in [-0.4, -0.2) is 19.2 Å². The quantitative estimate of drug-likeness (QED) is 0.920. The van der Waals surface area contributed by atoms with Crippen molar-refractivity contribution in [1.82, 2.24) is 4.98 Å². The fraction of sp³-hybridized carbons (Fsp3) is 0.143. The number of nitriles is 1. The largest absolute Gasteiger partial charge is 0.495 e. The summed E-state index contributed by atoms with van der Waals surface area (Å²) in [4.78, 5) is 4.11. The second kappa shape index (κ2) is 6.53. The van der Waals surface area contributed by atoms with E-state index in [0.29, 0.717) is 33.6 Å². The van der Waals surface area contributed by atoms with E-state index in [1.165, 1.54) is 26.5 Å². The van der Waals surface area contributed by atoms with Crippen LogP contribution in [0, 0.1) is 11.3 Å². The summed E-state index contributed by atoms with van der Waals surface area (Å²) in [5.74, 6) is 1.33. The van der Waals surface area contributed by atoms with Gasteiger partial charge in [-0.1, -0.05) is 23.2 Å². The highest BCUT2D eigenvalue weighted by Crippen LogP contribution is 2.38. The molecule has 21 heavy (non-hydrogen) atoms. The average molecular weight is 324 g/mol. The van der Waals surface area contributed by atoms with Crippen LogP contribution in [0.5, 0.6) is 11.5 Å². The van der Waals surface area contributed by atoms with Crippen LogP contribution in [0.25, 0.3) is 0 Å². The van der Waals surface area contributed by atoms with Crippen molar-refractivity contribution in [3.05, 3.63) is 40.0 Å². The van der Waals surface area contributed by atoms with Crippen LogP contribution >= 0.6 is 23.2 Å². The maximum Gasteiger partial charge on any atom is 0.150 e. The van der Waals surface area contributed by atoms with Crippen molar-refractivity contribution in [3.8, 4) is 17.6 Å². The summed E-state index contributed by atoms with van der Waals surface area (Å²) in [6.07, 6.45) is 1.49. The standard InChI is InChI=1S/C14H11Cl2N3O2/c1-20-11-6-10(12(21-2)5-9(11)15)19-14-13(16)8(7-17)3-4-18-14/h3-6H,1-2H3,(H,18,19). The Hall–Kier alpha value is -2.16. The van der Waals surface area contributed by atoms with Gasteiger partial charge in [-0.05, 0) is 6.07 Å². The van der Waals surface area contributed by atoms with E-state index in [9.17, 15) is 0 Å². The summed E-state index contributed by atoms with van der Waals surface area (Å²) in [6.45, 7) is 0. The molecule has 7 heteroatoms. The molecule has 0 saturated carbocycles. The highest BCUT2D eigenvalue weighted by molar-refractivity contribution is 6.34. The number of aromatic nitrogens is 1. The molecule has 0 bridgehead atoms. The Kier molecular flexibility index (Phi) is 4.73. The number of hydrogen-bond donors (Lipinski definition) is 1. The van der Waals surface area contributed by atoms with Gasteiger partial charge in [-0.15, -0.1) is 0 Å². The molecule has 1 aromatic carbocycles. The minimum absolute atomic E-state index is 0.232. The average Bonchev–Trinajstić information content (AvgIpc) is 2.50. The predicted molar refractivity (Wildman–Crippen MR) is 81.8 cm³/mol. The number of halogens is 2. The summed E-state index contributed by atoms with van der Waals surface area (Å²) in [5, 5.41) is 12.6. The van der Waals surface area contributed by atoms with Crippen molar-refractivity contribution in [2.75, 3.05) is 19.5 Å². The zero-order valence-electron chi connectivity index (χ0n) is 11.3. The molecule has 0 aliphatic carbocycles. The number of nitrogens with zero attached hydrogens (tertiary/aromatic N) is 2.